The van der Waals surface area contributed by atoms with Gasteiger partial charge in [-0.2, -0.15) is 0 Å². The minimum Gasteiger partial charge on any atom is -0.399 e. The van der Waals surface area contributed by atoms with E-state index in [0.717, 1.165) is 12.0 Å². The second-order valence-electron chi connectivity index (χ2n) is 4.05. The Balaban J connectivity index is 2.31. The molecule has 0 radical (unpaired) electrons. The van der Waals surface area contributed by atoms with Crippen LogP contribution in [0.25, 0.3) is 0 Å². The summed E-state index contributed by atoms with van der Waals surface area (Å²) < 4.78 is 0. The summed E-state index contributed by atoms with van der Waals surface area (Å²) in [5.41, 5.74) is 7.08. The molecule has 0 heterocycles. The van der Waals surface area contributed by atoms with Crippen LogP contribution in [0, 0.1) is 0 Å². The summed E-state index contributed by atoms with van der Waals surface area (Å²) in [6, 6.07) is 7.13. The molecule has 98 valence electrons. The molecule has 0 atom stereocenters. The highest BCUT2D eigenvalue weighted by Crippen LogP contribution is 2.06. The number of hydrogen-bond acceptors (Lipinski definition) is 3. The molecular formula is C13H19N3O2. The van der Waals surface area contributed by atoms with E-state index >= 15 is 0 Å². The summed E-state index contributed by atoms with van der Waals surface area (Å²) in [7, 11) is 0. The van der Waals surface area contributed by atoms with Gasteiger partial charge in [-0.1, -0.05) is 19.1 Å². The predicted octanol–water partition coefficient (Wildman–Crippen LogP) is 0.454. The van der Waals surface area contributed by atoms with Crippen molar-refractivity contribution in [3.63, 3.8) is 0 Å². The Hall–Kier alpha value is -2.04. The summed E-state index contributed by atoms with van der Waals surface area (Å²) >= 11 is 0. The first-order valence-corrected chi connectivity index (χ1v) is 5.99. The van der Waals surface area contributed by atoms with E-state index in [1.54, 1.807) is 18.2 Å². The highest BCUT2D eigenvalue weighted by atomic mass is 16.2. The number of nitrogens with one attached hydrogen (secondary N) is 2. The molecule has 0 aliphatic heterocycles. The first-order chi connectivity index (χ1) is 8.61. The van der Waals surface area contributed by atoms with Crippen molar-refractivity contribution in [1.29, 1.82) is 0 Å². The molecule has 0 aliphatic carbocycles. The van der Waals surface area contributed by atoms with Gasteiger partial charge in [-0.25, -0.2) is 0 Å². The zero-order chi connectivity index (χ0) is 13.4. The highest BCUT2D eigenvalue weighted by molar-refractivity contribution is 5.85. The number of carbonyl (C=O) groups is 2. The zero-order valence-corrected chi connectivity index (χ0v) is 10.5. The first-order valence-electron chi connectivity index (χ1n) is 5.99. The molecule has 5 nitrogen and oxygen atoms in total. The molecule has 18 heavy (non-hydrogen) atoms. The van der Waals surface area contributed by atoms with Gasteiger partial charge in [0.1, 0.15) is 0 Å². The molecule has 1 aromatic rings. The molecule has 1 aromatic carbocycles. The van der Waals surface area contributed by atoms with Gasteiger partial charge in [-0.15, -0.1) is 0 Å². The van der Waals surface area contributed by atoms with Gasteiger partial charge in [0.05, 0.1) is 13.0 Å². The van der Waals surface area contributed by atoms with Gasteiger partial charge in [0, 0.05) is 12.2 Å². The average molecular weight is 249 g/mol. The van der Waals surface area contributed by atoms with E-state index < -0.39 is 0 Å². The third-order valence-corrected chi connectivity index (χ3v) is 2.33. The lowest BCUT2D eigenvalue weighted by Gasteiger charge is -2.06. The van der Waals surface area contributed by atoms with Crippen molar-refractivity contribution in [2.45, 2.75) is 19.8 Å². The lowest BCUT2D eigenvalue weighted by Crippen LogP contribution is -2.37. The molecule has 0 fully saturated rings. The van der Waals surface area contributed by atoms with E-state index in [9.17, 15) is 9.59 Å². The van der Waals surface area contributed by atoms with Crippen molar-refractivity contribution in [2.24, 2.45) is 0 Å². The summed E-state index contributed by atoms with van der Waals surface area (Å²) in [6.45, 7) is 2.61. The molecule has 0 bridgehead atoms. The van der Waals surface area contributed by atoms with Crippen molar-refractivity contribution in [3.05, 3.63) is 29.8 Å². The third kappa shape index (κ3) is 5.34. The molecule has 5 heteroatoms. The van der Waals surface area contributed by atoms with Crippen LogP contribution >= 0.6 is 0 Å². The number of anilines is 1. The van der Waals surface area contributed by atoms with E-state index in [-0.39, 0.29) is 24.8 Å². The maximum atomic E-state index is 11.6. The van der Waals surface area contributed by atoms with Crippen LogP contribution in [0.5, 0.6) is 0 Å². The van der Waals surface area contributed by atoms with Crippen LogP contribution in [0.4, 0.5) is 5.69 Å². The van der Waals surface area contributed by atoms with Crippen molar-refractivity contribution >= 4 is 17.5 Å². The Morgan fingerprint density at radius 2 is 2.00 bits per heavy atom. The Bertz CT molecular complexity index is 418. The fourth-order valence-electron chi connectivity index (χ4n) is 1.46. The molecule has 0 aromatic heterocycles. The van der Waals surface area contributed by atoms with Crippen LogP contribution in [0.1, 0.15) is 18.9 Å². The average Bonchev–Trinajstić information content (AvgIpc) is 2.34. The number of rotatable bonds is 6. The quantitative estimate of drug-likeness (QED) is 0.640. The number of nitrogen functional groups attached to an aromatic ring is 1. The van der Waals surface area contributed by atoms with Crippen LogP contribution in [0.3, 0.4) is 0 Å². The van der Waals surface area contributed by atoms with Crippen molar-refractivity contribution in [2.75, 3.05) is 18.8 Å². The largest absolute Gasteiger partial charge is 0.399 e. The topological polar surface area (TPSA) is 84.2 Å². The number of nitrogens with two attached hydrogens (primary N) is 1. The number of hydrogen-bond donors (Lipinski definition) is 3. The van der Waals surface area contributed by atoms with E-state index in [0.29, 0.717) is 12.2 Å². The Morgan fingerprint density at radius 3 is 2.67 bits per heavy atom. The molecule has 0 spiro atoms. The van der Waals surface area contributed by atoms with Gasteiger partial charge in [0.2, 0.25) is 11.8 Å². The Labute approximate surface area is 107 Å². The van der Waals surface area contributed by atoms with Crippen molar-refractivity contribution in [1.82, 2.24) is 10.6 Å². The van der Waals surface area contributed by atoms with E-state index in [4.69, 9.17) is 5.73 Å². The normalized spacial score (nSPS) is 9.83. The van der Waals surface area contributed by atoms with Crippen LogP contribution in [-0.4, -0.2) is 24.9 Å². The summed E-state index contributed by atoms with van der Waals surface area (Å²) in [6.07, 6.45) is 1.11. The second-order valence-corrected chi connectivity index (χ2v) is 4.05. The molecular weight excluding hydrogens is 230 g/mol. The number of carbonyl (C=O) groups excluding carboxylic acids is 2. The fourth-order valence-corrected chi connectivity index (χ4v) is 1.46. The van der Waals surface area contributed by atoms with Gasteiger partial charge < -0.3 is 16.4 Å². The molecule has 4 N–H and O–H groups in total. The van der Waals surface area contributed by atoms with Crippen molar-refractivity contribution < 1.29 is 9.59 Å². The van der Waals surface area contributed by atoms with Crippen LogP contribution in [0.2, 0.25) is 0 Å². The second kappa shape index (κ2) is 7.32. The molecule has 0 saturated heterocycles. The minimum atomic E-state index is -0.188. The molecule has 1 rings (SSSR count). The number of amides is 2. The van der Waals surface area contributed by atoms with E-state index in [1.807, 2.05) is 13.0 Å². The third-order valence-electron chi connectivity index (χ3n) is 2.33. The highest BCUT2D eigenvalue weighted by Gasteiger charge is 2.06. The van der Waals surface area contributed by atoms with Gasteiger partial charge >= 0.3 is 0 Å². The Kier molecular flexibility index (Phi) is 5.70. The van der Waals surface area contributed by atoms with Gasteiger partial charge in [0.15, 0.2) is 0 Å². The van der Waals surface area contributed by atoms with E-state index in [2.05, 4.69) is 10.6 Å². The predicted molar refractivity (Wildman–Crippen MR) is 70.9 cm³/mol. The standard InChI is InChI=1S/C13H19N3O2/c1-2-6-15-13(18)9-16-12(17)8-10-4-3-5-11(14)7-10/h3-5,7H,2,6,8-9,14H2,1H3,(H,15,18)(H,16,17). The molecule has 0 saturated carbocycles. The monoisotopic (exact) mass is 249 g/mol. The lowest BCUT2D eigenvalue weighted by molar-refractivity contribution is -0.125. The van der Waals surface area contributed by atoms with Crippen LogP contribution in [-0.2, 0) is 16.0 Å². The maximum Gasteiger partial charge on any atom is 0.239 e. The first kappa shape index (κ1) is 14.0. The van der Waals surface area contributed by atoms with Gasteiger partial charge in [-0.3, -0.25) is 9.59 Å². The van der Waals surface area contributed by atoms with Crippen molar-refractivity contribution in [3.8, 4) is 0 Å². The van der Waals surface area contributed by atoms with Crippen LogP contribution < -0.4 is 16.4 Å². The Morgan fingerprint density at radius 1 is 1.22 bits per heavy atom. The van der Waals surface area contributed by atoms with Gasteiger partial charge in [-0.05, 0) is 24.1 Å². The zero-order valence-electron chi connectivity index (χ0n) is 10.5. The fraction of sp³-hybridized carbons (Fsp3) is 0.385. The summed E-state index contributed by atoms with van der Waals surface area (Å²) in [4.78, 5) is 22.8. The smallest absolute Gasteiger partial charge is 0.239 e. The van der Waals surface area contributed by atoms with Gasteiger partial charge in [0.25, 0.3) is 0 Å². The maximum absolute atomic E-state index is 11.6. The molecule has 0 unspecified atom stereocenters. The minimum absolute atomic E-state index is 0.0150. The SMILES string of the molecule is CCCNC(=O)CNC(=O)Cc1cccc(N)c1. The summed E-state index contributed by atoms with van der Waals surface area (Å²) in [5.74, 6) is -0.356. The number of benzene rings is 1. The molecule has 2 amide bonds. The summed E-state index contributed by atoms with van der Waals surface area (Å²) in [5, 5.41) is 5.25. The van der Waals surface area contributed by atoms with E-state index in [1.165, 1.54) is 0 Å². The molecule has 0 aliphatic rings. The lowest BCUT2D eigenvalue weighted by atomic mass is 10.1. The van der Waals surface area contributed by atoms with Crippen LogP contribution in [0.15, 0.2) is 24.3 Å².